The van der Waals surface area contributed by atoms with E-state index in [1.54, 1.807) is 30.3 Å². The number of rotatable bonds is 4. The van der Waals surface area contributed by atoms with E-state index in [9.17, 15) is 5.26 Å². The first-order valence-electron chi connectivity index (χ1n) is 7.36. The minimum Gasteiger partial charge on any atom is -0.339 e. The Morgan fingerprint density at radius 1 is 1.00 bits per heavy atom. The molecule has 4 nitrogen and oxygen atoms in total. The van der Waals surface area contributed by atoms with Gasteiger partial charge in [-0.3, -0.25) is 0 Å². The number of hydrogen-bond donors (Lipinski definition) is 1. The highest BCUT2D eigenvalue weighted by Gasteiger charge is 2.17. The minimum atomic E-state index is 0.316. The molecular formula is C18H11Cl3N4S. The Morgan fingerprint density at radius 2 is 1.73 bits per heavy atom. The molecule has 0 fully saturated rings. The molecule has 2 aromatic carbocycles. The maximum atomic E-state index is 9.71. The van der Waals surface area contributed by atoms with Crippen LogP contribution in [-0.4, -0.2) is 16.2 Å². The van der Waals surface area contributed by atoms with Crippen LogP contribution >= 0.6 is 46.6 Å². The van der Waals surface area contributed by atoms with Gasteiger partial charge in [-0.15, -0.1) is 0 Å². The molecule has 0 saturated heterocycles. The van der Waals surface area contributed by atoms with Gasteiger partial charge in [0.1, 0.15) is 11.6 Å². The molecule has 8 heteroatoms. The molecule has 1 N–H and O–H groups in total. The topological polar surface area (TPSA) is 61.6 Å². The molecule has 0 atom stereocenters. The summed E-state index contributed by atoms with van der Waals surface area (Å²) < 4.78 is 0. The molecule has 1 aromatic heterocycles. The number of nitrogens with one attached hydrogen (secondary N) is 1. The van der Waals surface area contributed by atoms with Crippen LogP contribution in [0, 0.1) is 11.3 Å². The van der Waals surface area contributed by atoms with E-state index in [4.69, 9.17) is 34.8 Å². The number of nitriles is 1. The zero-order chi connectivity index (χ0) is 18.7. The summed E-state index contributed by atoms with van der Waals surface area (Å²) in [5, 5.41) is 14.9. The highest BCUT2D eigenvalue weighted by atomic mass is 35.5. The maximum Gasteiger partial charge on any atom is 0.189 e. The van der Waals surface area contributed by atoms with Crippen molar-refractivity contribution in [3.05, 3.63) is 63.1 Å². The molecule has 0 unspecified atom stereocenters. The third-order valence-electron chi connectivity index (χ3n) is 3.48. The van der Waals surface area contributed by atoms with Crippen LogP contribution in [0.25, 0.3) is 11.3 Å². The molecule has 26 heavy (non-hydrogen) atoms. The third kappa shape index (κ3) is 4.05. The summed E-state index contributed by atoms with van der Waals surface area (Å²) in [5.74, 6) is 0.412. The lowest BCUT2D eigenvalue weighted by molar-refractivity contribution is 0.975. The van der Waals surface area contributed by atoms with Gasteiger partial charge in [0.25, 0.3) is 0 Å². The number of aromatic nitrogens is 2. The summed E-state index contributed by atoms with van der Waals surface area (Å²) in [6, 6.07) is 14.4. The van der Waals surface area contributed by atoms with Gasteiger partial charge in [0.05, 0.1) is 15.7 Å². The minimum absolute atomic E-state index is 0.316. The Morgan fingerprint density at radius 3 is 2.35 bits per heavy atom. The van der Waals surface area contributed by atoms with Gasteiger partial charge in [-0.25, -0.2) is 9.97 Å². The van der Waals surface area contributed by atoms with E-state index < -0.39 is 0 Å². The van der Waals surface area contributed by atoms with Gasteiger partial charge >= 0.3 is 0 Å². The summed E-state index contributed by atoms with van der Waals surface area (Å²) in [6.45, 7) is 0. The van der Waals surface area contributed by atoms with Crippen LogP contribution in [0.15, 0.2) is 47.6 Å². The molecule has 130 valence electrons. The average molecular weight is 422 g/mol. The zero-order valence-electron chi connectivity index (χ0n) is 13.4. The Kier molecular flexibility index (Phi) is 5.90. The molecule has 0 aliphatic heterocycles. The number of benzene rings is 2. The quantitative estimate of drug-likeness (QED) is 0.388. The summed E-state index contributed by atoms with van der Waals surface area (Å²) in [7, 11) is 0. The Balaban J connectivity index is 2.14. The lowest BCUT2D eigenvalue weighted by Crippen LogP contribution is -2.03. The Hall–Kier alpha value is -1.97. The Bertz CT molecular complexity index is 1000. The standard InChI is InChI=1S/C18H11Cl3N4S/c1-26-18-24-16(10-2-7-14(20)15(21)8-10)13(9-22)17(25-18)23-12-5-3-11(19)4-6-12/h2-8H,1H3,(H,23,24,25). The second-order valence-electron chi connectivity index (χ2n) is 5.16. The van der Waals surface area contributed by atoms with Crippen LogP contribution in [-0.2, 0) is 0 Å². The molecular weight excluding hydrogens is 411 g/mol. The molecule has 0 spiro atoms. The molecule has 0 amide bonds. The molecule has 0 aliphatic carbocycles. The first kappa shape index (κ1) is 18.8. The van der Waals surface area contributed by atoms with Crippen molar-refractivity contribution in [2.45, 2.75) is 5.16 Å². The summed E-state index contributed by atoms with van der Waals surface area (Å²) in [4.78, 5) is 8.92. The van der Waals surface area contributed by atoms with E-state index in [-0.39, 0.29) is 0 Å². The van der Waals surface area contributed by atoms with E-state index in [0.717, 1.165) is 5.69 Å². The predicted molar refractivity (Wildman–Crippen MR) is 109 cm³/mol. The average Bonchev–Trinajstić information content (AvgIpc) is 2.65. The van der Waals surface area contributed by atoms with Gasteiger partial charge in [0.15, 0.2) is 11.0 Å². The lowest BCUT2D eigenvalue weighted by atomic mass is 10.1. The van der Waals surface area contributed by atoms with Crippen molar-refractivity contribution in [3.8, 4) is 17.3 Å². The first-order valence-corrected chi connectivity index (χ1v) is 9.72. The Labute approximate surface area is 170 Å². The number of anilines is 2. The van der Waals surface area contributed by atoms with Gasteiger partial charge in [-0.05, 0) is 42.7 Å². The fourth-order valence-electron chi connectivity index (χ4n) is 2.25. The maximum absolute atomic E-state index is 9.71. The zero-order valence-corrected chi connectivity index (χ0v) is 16.5. The van der Waals surface area contributed by atoms with Crippen LogP contribution in [0.5, 0.6) is 0 Å². The molecule has 1 heterocycles. The summed E-state index contributed by atoms with van der Waals surface area (Å²) >= 11 is 19.4. The molecule has 0 radical (unpaired) electrons. The van der Waals surface area contributed by atoms with Crippen molar-refractivity contribution in [2.24, 2.45) is 0 Å². The van der Waals surface area contributed by atoms with Crippen LogP contribution in [0.2, 0.25) is 15.1 Å². The number of thioether (sulfide) groups is 1. The number of nitrogens with zero attached hydrogens (tertiary/aromatic N) is 3. The summed E-state index contributed by atoms with van der Waals surface area (Å²) in [6.07, 6.45) is 1.87. The van der Waals surface area contributed by atoms with Crippen LogP contribution in [0.4, 0.5) is 11.5 Å². The van der Waals surface area contributed by atoms with Gasteiger partial charge in [-0.1, -0.05) is 52.6 Å². The van der Waals surface area contributed by atoms with Crippen molar-refractivity contribution >= 4 is 58.1 Å². The van der Waals surface area contributed by atoms with E-state index >= 15 is 0 Å². The smallest absolute Gasteiger partial charge is 0.189 e. The van der Waals surface area contributed by atoms with Crippen molar-refractivity contribution in [3.63, 3.8) is 0 Å². The van der Waals surface area contributed by atoms with Crippen molar-refractivity contribution in [1.82, 2.24) is 9.97 Å². The first-order chi connectivity index (χ1) is 12.5. The number of hydrogen-bond acceptors (Lipinski definition) is 5. The number of halogens is 3. The monoisotopic (exact) mass is 420 g/mol. The molecule has 0 bridgehead atoms. The summed E-state index contributed by atoms with van der Waals surface area (Å²) in [5.41, 5.74) is 2.25. The van der Waals surface area contributed by atoms with Crippen molar-refractivity contribution in [1.29, 1.82) is 5.26 Å². The second kappa shape index (κ2) is 8.15. The van der Waals surface area contributed by atoms with Gasteiger partial charge in [0.2, 0.25) is 0 Å². The van der Waals surface area contributed by atoms with Crippen LogP contribution in [0.1, 0.15) is 5.56 Å². The van der Waals surface area contributed by atoms with Gasteiger partial charge < -0.3 is 5.32 Å². The fourth-order valence-corrected chi connectivity index (χ4v) is 3.04. The van der Waals surface area contributed by atoms with E-state index in [2.05, 4.69) is 21.4 Å². The molecule has 3 rings (SSSR count). The molecule has 0 aliphatic rings. The highest BCUT2D eigenvalue weighted by Crippen LogP contribution is 2.33. The van der Waals surface area contributed by atoms with Crippen molar-refractivity contribution < 1.29 is 0 Å². The highest BCUT2D eigenvalue weighted by molar-refractivity contribution is 7.98. The largest absolute Gasteiger partial charge is 0.339 e. The normalized spacial score (nSPS) is 10.4. The van der Waals surface area contributed by atoms with E-state index in [1.165, 1.54) is 11.8 Å². The third-order valence-corrected chi connectivity index (χ3v) is 5.02. The van der Waals surface area contributed by atoms with E-state index in [1.807, 2.05) is 18.4 Å². The molecule has 0 saturated carbocycles. The van der Waals surface area contributed by atoms with Crippen LogP contribution in [0.3, 0.4) is 0 Å². The van der Waals surface area contributed by atoms with Crippen LogP contribution < -0.4 is 5.32 Å². The van der Waals surface area contributed by atoms with Gasteiger partial charge in [-0.2, -0.15) is 5.26 Å². The lowest BCUT2D eigenvalue weighted by Gasteiger charge is -2.12. The predicted octanol–water partition coefficient (Wildman–Crippen LogP) is 6.44. The van der Waals surface area contributed by atoms with E-state index in [0.29, 0.717) is 42.9 Å². The SMILES string of the molecule is CSc1nc(Nc2ccc(Cl)cc2)c(C#N)c(-c2ccc(Cl)c(Cl)c2)n1. The fraction of sp³-hybridized carbons (Fsp3) is 0.0556. The van der Waals surface area contributed by atoms with Gasteiger partial charge in [0, 0.05) is 16.3 Å². The van der Waals surface area contributed by atoms with Crippen molar-refractivity contribution in [2.75, 3.05) is 11.6 Å². The molecule has 3 aromatic rings. The second-order valence-corrected chi connectivity index (χ2v) is 7.18.